The minimum absolute atomic E-state index is 0.119. The maximum atomic E-state index is 12.3. The average molecular weight is 371 g/mol. The van der Waals surface area contributed by atoms with E-state index < -0.39 is 5.91 Å². The van der Waals surface area contributed by atoms with Crippen molar-refractivity contribution in [3.05, 3.63) is 22.7 Å². The summed E-state index contributed by atoms with van der Waals surface area (Å²) in [5.74, 6) is 0.161. The van der Waals surface area contributed by atoms with Crippen molar-refractivity contribution < 1.29 is 19.1 Å². The van der Waals surface area contributed by atoms with Gasteiger partial charge < -0.3 is 20.1 Å². The van der Waals surface area contributed by atoms with Crippen LogP contribution in [-0.4, -0.2) is 37.1 Å². The van der Waals surface area contributed by atoms with Gasteiger partial charge in [0.05, 0.1) is 24.8 Å². The lowest BCUT2D eigenvalue weighted by atomic mass is 10.1. The van der Waals surface area contributed by atoms with Gasteiger partial charge in [-0.05, 0) is 46.2 Å². The van der Waals surface area contributed by atoms with Gasteiger partial charge in [-0.15, -0.1) is 0 Å². The number of carbonyl (C=O) groups is 2. The number of nitrogens with one attached hydrogen (secondary N) is 2. The third kappa shape index (κ3) is 7.22. The summed E-state index contributed by atoms with van der Waals surface area (Å²) in [6, 6.07) is 3.07. The van der Waals surface area contributed by atoms with Crippen LogP contribution >= 0.6 is 11.6 Å². The van der Waals surface area contributed by atoms with Crippen molar-refractivity contribution in [2.75, 3.05) is 19.8 Å². The summed E-state index contributed by atoms with van der Waals surface area (Å²) in [5.41, 5.74) is -0.0493. The zero-order valence-corrected chi connectivity index (χ0v) is 16.3. The average Bonchev–Trinajstić information content (AvgIpc) is 2.50. The molecule has 0 aliphatic rings. The van der Waals surface area contributed by atoms with Crippen molar-refractivity contribution in [1.82, 2.24) is 10.6 Å². The molecular weight excluding hydrogens is 344 g/mol. The zero-order valence-electron chi connectivity index (χ0n) is 15.5. The molecule has 0 atom stereocenters. The van der Waals surface area contributed by atoms with E-state index in [-0.39, 0.29) is 18.0 Å². The van der Waals surface area contributed by atoms with Gasteiger partial charge >= 0.3 is 0 Å². The molecule has 1 aromatic carbocycles. The van der Waals surface area contributed by atoms with E-state index in [9.17, 15) is 9.59 Å². The molecule has 0 aliphatic carbocycles. The summed E-state index contributed by atoms with van der Waals surface area (Å²) in [4.78, 5) is 24.1. The largest absolute Gasteiger partial charge is 0.490 e. The lowest BCUT2D eigenvalue weighted by molar-refractivity contribution is -0.121. The second-order valence-corrected chi connectivity index (χ2v) is 6.95. The first-order valence-corrected chi connectivity index (χ1v) is 8.74. The highest BCUT2D eigenvalue weighted by Gasteiger charge is 2.18. The quantitative estimate of drug-likeness (QED) is 0.736. The molecule has 0 fully saturated rings. The summed E-state index contributed by atoms with van der Waals surface area (Å²) in [7, 11) is 0. The maximum absolute atomic E-state index is 12.3. The van der Waals surface area contributed by atoms with Gasteiger partial charge in [-0.1, -0.05) is 18.5 Å². The summed E-state index contributed by atoms with van der Waals surface area (Å²) < 4.78 is 11.1. The normalized spacial score (nSPS) is 11.0. The Bertz CT molecular complexity index is 612. The fourth-order valence-electron chi connectivity index (χ4n) is 2.03. The Kier molecular flexibility index (Phi) is 8.03. The van der Waals surface area contributed by atoms with E-state index >= 15 is 0 Å². The minimum Gasteiger partial charge on any atom is -0.490 e. The molecule has 6 nitrogen and oxygen atoms in total. The van der Waals surface area contributed by atoms with Gasteiger partial charge in [0, 0.05) is 11.1 Å². The third-order valence-corrected chi connectivity index (χ3v) is 3.23. The van der Waals surface area contributed by atoms with Gasteiger partial charge in [-0.3, -0.25) is 9.59 Å². The first-order valence-electron chi connectivity index (χ1n) is 8.36. The van der Waals surface area contributed by atoms with Crippen molar-refractivity contribution in [3.63, 3.8) is 0 Å². The molecule has 0 aliphatic heterocycles. The molecule has 7 heteroatoms. The van der Waals surface area contributed by atoms with Crippen LogP contribution in [0.25, 0.3) is 0 Å². The fraction of sp³-hybridized carbons (Fsp3) is 0.556. The van der Waals surface area contributed by atoms with E-state index in [0.29, 0.717) is 35.3 Å². The molecule has 0 bridgehead atoms. The van der Waals surface area contributed by atoms with E-state index in [1.807, 2.05) is 34.6 Å². The number of halogens is 1. The van der Waals surface area contributed by atoms with Crippen LogP contribution < -0.4 is 20.1 Å². The molecule has 0 unspecified atom stereocenters. The lowest BCUT2D eigenvalue weighted by Crippen LogP contribution is -2.45. The van der Waals surface area contributed by atoms with Crippen molar-refractivity contribution in [1.29, 1.82) is 0 Å². The maximum Gasteiger partial charge on any atom is 0.251 e. The highest BCUT2D eigenvalue weighted by Crippen LogP contribution is 2.36. The van der Waals surface area contributed by atoms with Crippen molar-refractivity contribution in [3.8, 4) is 11.5 Å². The van der Waals surface area contributed by atoms with Gasteiger partial charge in [-0.2, -0.15) is 0 Å². The first-order chi connectivity index (χ1) is 11.7. The Morgan fingerprint density at radius 2 is 1.84 bits per heavy atom. The monoisotopic (exact) mass is 370 g/mol. The highest BCUT2D eigenvalue weighted by atomic mass is 35.5. The summed E-state index contributed by atoms with van der Waals surface area (Å²) in [6.45, 7) is 10.2. The van der Waals surface area contributed by atoms with Gasteiger partial charge in [0.1, 0.15) is 0 Å². The van der Waals surface area contributed by atoms with Crippen LogP contribution in [-0.2, 0) is 4.79 Å². The van der Waals surface area contributed by atoms with Crippen LogP contribution in [0.3, 0.4) is 0 Å². The first kappa shape index (κ1) is 21.1. The van der Waals surface area contributed by atoms with Crippen LogP contribution in [0, 0.1) is 0 Å². The van der Waals surface area contributed by atoms with Gasteiger partial charge in [0.15, 0.2) is 11.5 Å². The number of carbonyl (C=O) groups excluding carboxylic acids is 2. The molecule has 1 rings (SSSR count). The van der Waals surface area contributed by atoms with Crippen LogP contribution in [0.4, 0.5) is 0 Å². The smallest absolute Gasteiger partial charge is 0.251 e. The minimum atomic E-state index is -0.408. The Hall–Kier alpha value is -1.95. The number of amides is 2. The lowest BCUT2D eigenvalue weighted by Gasteiger charge is -2.20. The standard InChI is InChI=1S/C18H27ClN2O4/c1-6-8-25-16-13(19)9-12(10-14(16)24-7-2)17(23)20-11-15(22)21-18(3,4)5/h9-10H,6-8,11H2,1-5H3,(H,20,23)(H,21,22). The summed E-state index contributed by atoms with van der Waals surface area (Å²) >= 11 is 6.24. The Morgan fingerprint density at radius 3 is 2.40 bits per heavy atom. The second-order valence-electron chi connectivity index (χ2n) is 6.55. The van der Waals surface area contributed by atoms with Crippen molar-refractivity contribution in [2.24, 2.45) is 0 Å². The van der Waals surface area contributed by atoms with Crippen molar-refractivity contribution >= 4 is 23.4 Å². The molecule has 1 aromatic rings. The van der Waals surface area contributed by atoms with Crippen LogP contribution in [0.2, 0.25) is 5.02 Å². The number of ether oxygens (including phenoxy) is 2. The predicted octanol–water partition coefficient (Wildman–Crippen LogP) is 3.17. The number of benzene rings is 1. The Morgan fingerprint density at radius 1 is 1.16 bits per heavy atom. The van der Waals surface area contributed by atoms with Crippen LogP contribution in [0.15, 0.2) is 12.1 Å². The number of hydrogen-bond acceptors (Lipinski definition) is 4. The second kappa shape index (κ2) is 9.51. The van der Waals surface area contributed by atoms with Gasteiger partial charge in [0.2, 0.25) is 5.91 Å². The Balaban J connectivity index is 2.86. The molecule has 0 heterocycles. The topological polar surface area (TPSA) is 76.7 Å². The number of rotatable bonds is 8. The molecule has 140 valence electrons. The van der Waals surface area contributed by atoms with E-state index in [1.165, 1.54) is 6.07 Å². The highest BCUT2D eigenvalue weighted by molar-refractivity contribution is 6.32. The number of hydrogen-bond donors (Lipinski definition) is 2. The van der Waals surface area contributed by atoms with Crippen LogP contribution in [0.5, 0.6) is 11.5 Å². The van der Waals surface area contributed by atoms with Crippen molar-refractivity contribution in [2.45, 2.75) is 46.6 Å². The van der Waals surface area contributed by atoms with Gasteiger partial charge in [-0.25, -0.2) is 0 Å². The molecule has 0 saturated heterocycles. The molecule has 0 radical (unpaired) electrons. The van der Waals surface area contributed by atoms with E-state index in [0.717, 1.165) is 6.42 Å². The molecule has 2 amide bonds. The molecule has 2 N–H and O–H groups in total. The molecular formula is C18H27ClN2O4. The summed E-state index contributed by atoms with van der Waals surface area (Å²) in [5, 5.41) is 5.65. The van der Waals surface area contributed by atoms with E-state index in [4.69, 9.17) is 21.1 Å². The third-order valence-electron chi connectivity index (χ3n) is 2.95. The van der Waals surface area contributed by atoms with Crippen LogP contribution in [0.1, 0.15) is 51.4 Å². The van der Waals surface area contributed by atoms with E-state index in [1.54, 1.807) is 6.07 Å². The van der Waals surface area contributed by atoms with E-state index in [2.05, 4.69) is 10.6 Å². The SMILES string of the molecule is CCCOc1c(Cl)cc(C(=O)NCC(=O)NC(C)(C)C)cc1OCC. The molecule has 0 aromatic heterocycles. The zero-order chi connectivity index (χ0) is 19.0. The fourth-order valence-corrected chi connectivity index (χ4v) is 2.30. The molecule has 25 heavy (non-hydrogen) atoms. The molecule has 0 saturated carbocycles. The predicted molar refractivity (Wildman–Crippen MR) is 98.6 cm³/mol. The molecule has 0 spiro atoms. The summed E-state index contributed by atoms with van der Waals surface area (Å²) in [6.07, 6.45) is 0.826. The van der Waals surface area contributed by atoms with Gasteiger partial charge in [0.25, 0.3) is 5.91 Å². The Labute approximate surface area is 154 Å².